The number of nitrogens with zero attached hydrogens (tertiary/aromatic N) is 2. The van der Waals surface area contributed by atoms with E-state index in [-0.39, 0.29) is 6.10 Å². The number of aromatic nitrogens is 2. The summed E-state index contributed by atoms with van der Waals surface area (Å²) in [5.74, 6) is 1.41. The van der Waals surface area contributed by atoms with Crippen molar-refractivity contribution in [1.29, 1.82) is 0 Å². The summed E-state index contributed by atoms with van der Waals surface area (Å²) in [4.78, 5) is 8.02. The molecule has 1 rings (SSSR count). The Kier molecular flexibility index (Phi) is 3.49. The van der Waals surface area contributed by atoms with Crippen molar-refractivity contribution in [2.24, 2.45) is 0 Å². The molecule has 0 aliphatic rings. The second-order valence-electron chi connectivity index (χ2n) is 2.94. The third kappa shape index (κ3) is 3.27. The Morgan fingerprint density at radius 2 is 2.23 bits per heavy atom. The lowest BCUT2D eigenvalue weighted by Crippen LogP contribution is -2.08. The van der Waals surface area contributed by atoms with Crippen molar-refractivity contribution in [2.45, 2.75) is 26.9 Å². The quantitative estimate of drug-likeness (QED) is 0.768. The van der Waals surface area contributed by atoms with Crippen molar-refractivity contribution < 1.29 is 4.74 Å². The van der Waals surface area contributed by atoms with Gasteiger partial charge in [-0.25, -0.2) is 9.97 Å². The van der Waals surface area contributed by atoms with Gasteiger partial charge in [0.25, 0.3) is 0 Å². The molecule has 0 spiro atoms. The van der Waals surface area contributed by atoms with E-state index in [1.165, 1.54) is 6.33 Å². The third-order valence-corrected chi connectivity index (χ3v) is 1.36. The Hall–Kier alpha value is -1.32. The molecule has 0 aromatic carbocycles. The minimum absolute atomic E-state index is 0.143. The highest BCUT2D eigenvalue weighted by atomic mass is 16.5. The highest BCUT2D eigenvalue weighted by Gasteiger charge is 2.00. The maximum atomic E-state index is 5.41. The van der Waals surface area contributed by atoms with E-state index in [0.717, 1.165) is 12.4 Å². The highest BCUT2D eigenvalue weighted by Crippen LogP contribution is 2.11. The molecular formula is C9H15N3O. The summed E-state index contributed by atoms with van der Waals surface area (Å²) in [5, 5.41) is 3.09. The lowest BCUT2D eigenvalue weighted by Gasteiger charge is -2.09. The van der Waals surface area contributed by atoms with E-state index in [1.807, 2.05) is 20.8 Å². The summed E-state index contributed by atoms with van der Waals surface area (Å²) in [6, 6.07) is 1.80. The Balaban J connectivity index is 2.67. The average molecular weight is 181 g/mol. The lowest BCUT2D eigenvalue weighted by atomic mass is 10.5. The largest absolute Gasteiger partial charge is 0.475 e. The van der Waals surface area contributed by atoms with Gasteiger partial charge in [-0.2, -0.15) is 0 Å². The molecule has 0 aliphatic heterocycles. The van der Waals surface area contributed by atoms with Gasteiger partial charge in [0, 0.05) is 12.6 Å². The molecule has 0 bridgehead atoms. The van der Waals surface area contributed by atoms with E-state index in [9.17, 15) is 0 Å². The maximum absolute atomic E-state index is 5.41. The van der Waals surface area contributed by atoms with Crippen molar-refractivity contribution in [3.05, 3.63) is 12.4 Å². The van der Waals surface area contributed by atoms with Crippen LogP contribution in [0.3, 0.4) is 0 Å². The van der Waals surface area contributed by atoms with Gasteiger partial charge in [-0.15, -0.1) is 0 Å². The number of nitrogens with one attached hydrogen (secondary N) is 1. The molecule has 0 amide bonds. The average Bonchev–Trinajstić information content (AvgIpc) is 2.04. The molecule has 4 nitrogen and oxygen atoms in total. The summed E-state index contributed by atoms with van der Waals surface area (Å²) in [6.45, 7) is 6.80. The monoisotopic (exact) mass is 181 g/mol. The highest BCUT2D eigenvalue weighted by molar-refractivity contribution is 5.36. The molecule has 13 heavy (non-hydrogen) atoms. The van der Waals surface area contributed by atoms with Crippen LogP contribution in [0.2, 0.25) is 0 Å². The Morgan fingerprint density at radius 1 is 1.46 bits per heavy atom. The molecule has 1 aromatic rings. The summed E-state index contributed by atoms with van der Waals surface area (Å²) in [6.07, 6.45) is 1.64. The molecule has 0 radical (unpaired) electrons. The SMILES string of the molecule is CCNc1cc(OC(C)C)ncn1. The van der Waals surface area contributed by atoms with Crippen molar-refractivity contribution in [3.63, 3.8) is 0 Å². The van der Waals surface area contributed by atoms with Crippen LogP contribution in [-0.4, -0.2) is 22.6 Å². The van der Waals surface area contributed by atoms with Crippen molar-refractivity contribution in [2.75, 3.05) is 11.9 Å². The Labute approximate surface area is 78.4 Å². The summed E-state index contributed by atoms with van der Waals surface area (Å²) in [5.41, 5.74) is 0. The molecule has 0 aliphatic carbocycles. The first-order valence-electron chi connectivity index (χ1n) is 4.45. The molecule has 0 atom stereocenters. The zero-order valence-corrected chi connectivity index (χ0v) is 8.24. The first kappa shape index (κ1) is 9.77. The topological polar surface area (TPSA) is 47.0 Å². The molecule has 1 aromatic heterocycles. The third-order valence-electron chi connectivity index (χ3n) is 1.36. The van der Waals surface area contributed by atoms with Gasteiger partial charge in [-0.3, -0.25) is 0 Å². The summed E-state index contributed by atoms with van der Waals surface area (Å²) >= 11 is 0. The minimum Gasteiger partial charge on any atom is -0.475 e. The molecule has 1 heterocycles. The Bertz CT molecular complexity index is 263. The first-order chi connectivity index (χ1) is 6.22. The second-order valence-corrected chi connectivity index (χ2v) is 2.94. The zero-order valence-electron chi connectivity index (χ0n) is 8.24. The number of ether oxygens (including phenoxy) is 1. The van der Waals surface area contributed by atoms with Crippen LogP contribution in [0.4, 0.5) is 5.82 Å². The number of hydrogen-bond donors (Lipinski definition) is 1. The van der Waals surface area contributed by atoms with Gasteiger partial charge in [0.05, 0.1) is 6.10 Å². The summed E-state index contributed by atoms with van der Waals surface area (Å²) < 4.78 is 5.41. The van der Waals surface area contributed by atoms with Crippen molar-refractivity contribution in [1.82, 2.24) is 9.97 Å². The number of rotatable bonds is 4. The van der Waals surface area contributed by atoms with Crippen LogP contribution in [0, 0.1) is 0 Å². The van der Waals surface area contributed by atoms with E-state index in [2.05, 4.69) is 15.3 Å². The molecule has 72 valence electrons. The molecule has 0 unspecified atom stereocenters. The Morgan fingerprint density at radius 3 is 2.85 bits per heavy atom. The molecular weight excluding hydrogens is 166 g/mol. The van der Waals surface area contributed by atoms with Crippen LogP contribution in [-0.2, 0) is 0 Å². The van der Waals surface area contributed by atoms with Crippen LogP contribution >= 0.6 is 0 Å². The predicted molar refractivity (Wildman–Crippen MR) is 52.0 cm³/mol. The molecule has 1 N–H and O–H groups in total. The van der Waals surface area contributed by atoms with Gasteiger partial charge in [-0.05, 0) is 20.8 Å². The van der Waals surface area contributed by atoms with Crippen LogP contribution in [0.1, 0.15) is 20.8 Å². The van der Waals surface area contributed by atoms with Crippen LogP contribution in [0.5, 0.6) is 5.88 Å². The van der Waals surface area contributed by atoms with E-state index in [1.54, 1.807) is 6.07 Å². The van der Waals surface area contributed by atoms with Gasteiger partial charge in [0.2, 0.25) is 5.88 Å². The fourth-order valence-corrected chi connectivity index (χ4v) is 0.923. The standard InChI is InChI=1S/C9H15N3O/c1-4-10-8-5-9(12-6-11-8)13-7(2)3/h5-7H,4H2,1-3H3,(H,10,11,12). The van der Waals surface area contributed by atoms with Gasteiger partial charge >= 0.3 is 0 Å². The van der Waals surface area contributed by atoms with Crippen molar-refractivity contribution >= 4 is 5.82 Å². The molecule has 4 heteroatoms. The first-order valence-corrected chi connectivity index (χ1v) is 4.45. The van der Waals surface area contributed by atoms with Gasteiger partial charge < -0.3 is 10.1 Å². The van der Waals surface area contributed by atoms with Gasteiger partial charge in [0.15, 0.2) is 0 Å². The number of hydrogen-bond acceptors (Lipinski definition) is 4. The van der Waals surface area contributed by atoms with E-state index < -0.39 is 0 Å². The normalized spacial score (nSPS) is 10.2. The predicted octanol–water partition coefficient (Wildman–Crippen LogP) is 1.70. The molecule has 0 saturated carbocycles. The second kappa shape index (κ2) is 4.64. The van der Waals surface area contributed by atoms with Gasteiger partial charge in [-0.1, -0.05) is 0 Å². The van der Waals surface area contributed by atoms with Crippen molar-refractivity contribution in [3.8, 4) is 5.88 Å². The smallest absolute Gasteiger partial charge is 0.218 e. The van der Waals surface area contributed by atoms with E-state index >= 15 is 0 Å². The number of anilines is 1. The summed E-state index contributed by atoms with van der Waals surface area (Å²) in [7, 11) is 0. The van der Waals surface area contributed by atoms with Crippen LogP contribution < -0.4 is 10.1 Å². The lowest BCUT2D eigenvalue weighted by molar-refractivity contribution is 0.232. The zero-order chi connectivity index (χ0) is 9.68. The van der Waals surface area contributed by atoms with E-state index in [0.29, 0.717) is 5.88 Å². The van der Waals surface area contributed by atoms with Gasteiger partial charge in [0.1, 0.15) is 12.1 Å². The van der Waals surface area contributed by atoms with E-state index in [4.69, 9.17) is 4.74 Å². The van der Waals surface area contributed by atoms with Crippen LogP contribution in [0.25, 0.3) is 0 Å². The molecule has 0 saturated heterocycles. The molecule has 0 fully saturated rings. The van der Waals surface area contributed by atoms with Crippen LogP contribution in [0.15, 0.2) is 12.4 Å². The fourth-order valence-electron chi connectivity index (χ4n) is 0.923. The maximum Gasteiger partial charge on any atom is 0.218 e. The fraction of sp³-hybridized carbons (Fsp3) is 0.556. The minimum atomic E-state index is 0.143.